The Labute approximate surface area is 91.0 Å². The van der Waals surface area contributed by atoms with Crippen molar-refractivity contribution in [3.8, 4) is 0 Å². The van der Waals surface area contributed by atoms with Gasteiger partial charge in [0, 0.05) is 18.7 Å². The Morgan fingerprint density at radius 1 is 1.79 bits per heavy atom. The van der Waals surface area contributed by atoms with Crippen molar-refractivity contribution in [2.45, 2.75) is 19.4 Å². The number of halogens is 1. The van der Waals surface area contributed by atoms with E-state index < -0.39 is 0 Å². The first-order valence-corrected chi connectivity index (χ1v) is 5.05. The molecule has 5 heteroatoms. The molecule has 1 aromatic rings. The van der Waals surface area contributed by atoms with E-state index in [4.69, 9.17) is 5.73 Å². The molecule has 0 saturated carbocycles. The summed E-state index contributed by atoms with van der Waals surface area (Å²) in [4.78, 5) is 15.3. The third kappa shape index (κ3) is 3.43. The Balaban J connectivity index is 2.61. The molecule has 0 radical (unpaired) electrons. The number of aromatic nitrogens is 1. The van der Waals surface area contributed by atoms with Gasteiger partial charge in [-0.2, -0.15) is 0 Å². The second-order valence-electron chi connectivity index (χ2n) is 3.06. The van der Waals surface area contributed by atoms with Crippen molar-refractivity contribution in [2.75, 3.05) is 5.32 Å². The first-order chi connectivity index (χ1) is 6.59. The largest absolute Gasteiger partial charge is 0.327 e. The van der Waals surface area contributed by atoms with Crippen LogP contribution in [0.5, 0.6) is 0 Å². The number of nitrogens with zero attached hydrogens (tertiary/aromatic N) is 1. The summed E-state index contributed by atoms with van der Waals surface area (Å²) in [6.07, 6.45) is 1.91. The van der Waals surface area contributed by atoms with Crippen molar-refractivity contribution in [1.82, 2.24) is 4.98 Å². The quantitative estimate of drug-likeness (QED) is 0.863. The predicted octanol–water partition coefficient (Wildman–Crippen LogP) is 1.52. The van der Waals surface area contributed by atoms with Crippen LogP contribution in [0.1, 0.15) is 13.3 Å². The van der Waals surface area contributed by atoms with Gasteiger partial charge in [-0.1, -0.05) is 0 Å². The maximum atomic E-state index is 11.3. The van der Waals surface area contributed by atoms with E-state index >= 15 is 0 Å². The Hall–Kier alpha value is -0.940. The highest BCUT2D eigenvalue weighted by atomic mass is 79.9. The molecule has 1 amide bonds. The lowest BCUT2D eigenvalue weighted by molar-refractivity contribution is -0.116. The fourth-order valence-electron chi connectivity index (χ4n) is 0.953. The molecule has 1 aromatic heterocycles. The molecule has 1 unspecified atom stereocenters. The molecule has 4 nitrogen and oxygen atoms in total. The molecule has 0 saturated heterocycles. The average molecular weight is 258 g/mol. The van der Waals surface area contributed by atoms with E-state index in [0.29, 0.717) is 12.2 Å². The minimum atomic E-state index is -0.141. The standard InChI is InChI=1S/C9H12BrN3O/c1-6(11)5-8(14)13-9-7(10)3-2-4-12-9/h2-4,6H,5,11H2,1H3,(H,12,13,14). The fourth-order valence-corrected chi connectivity index (χ4v) is 1.31. The van der Waals surface area contributed by atoms with Crippen LogP contribution in [0.15, 0.2) is 22.8 Å². The fraction of sp³-hybridized carbons (Fsp3) is 0.333. The number of nitrogens with one attached hydrogen (secondary N) is 1. The highest BCUT2D eigenvalue weighted by Gasteiger charge is 2.07. The van der Waals surface area contributed by atoms with Gasteiger partial charge < -0.3 is 11.1 Å². The number of hydrogen-bond acceptors (Lipinski definition) is 3. The van der Waals surface area contributed by atoms with Crippen molar-refractivity contribution in [2.24, 2.45) is 5.73 Å². The van der Waals surface area contributed by atoms with Crippen molar-refractivity contribution in [3.63, 3.8) is 0 Å². The number of amides is 1. The first-order valence-electron chi connectivity index (χ1n) is 4.25. The summed E-state index contributed by atoms with van der Waals surface area (Å²) in [6, 6.07) is 3.46. The molecule has 0 aliphatic heterocycles. The molecule has 1 rings (SSSR count). The molecule has 0 spiro atoms. The van der Waals surface area contributed by atoms with E-state index in [1.807, 2.05) is 6.07 Å². The van der Waals surface area contributed by atoms with Gasteiger partial charge in [-0.25, -0.2) is 4.98 Å². The zero-order chi connectivity index (χ0) is 10.6. The van der Waals surface area contributed by atoms with Crippen LogP contribution in [0.2, 0.25) is 0 Å². The van der Waals surface area contributed by atoms with Crippen molar-refractivity contribution in [1.29, 1.82) is 0 Å². The molecule has 14 heavy (non-hydrogen) atoms. The summed E-state index contributed by atoms with van der Waals surface area (Å²) in [6.45, 7) is 1.78. The van der Waals surface area contributed by atoms with E-state index in [1.165, 1.54) is 0 Å². The van der Waals surface area contributed by atoms with E-state index in [2.05, 4.69) is 26.2 Å². The molecule has 0 bridgehead atoms. The molecular weight excluding hydrogens is 246 g/mol. The number of carbonyl (C=O) groups excluding carboxylic acids is 1. The van der Waals surface area contributed by atoms with Gasteiger partial charge in [-0.05, 0) is 35.0 Å². The summed E-state index contributed by atoms with van der Waals surface area (Å²) < 4.78 is 0.762. The lowest BCUT2D eigenvalue weighted by Crippen LogP contribution is -2.24. The Morgan fingerprint density at radius 3 is 3.07 bits per heavy atom. The highest BCUT2D eigenvalue weighted by Crippen LogP contribution is 2.18. The number of rotatable bonds is 3. The van der Waals surface area contributed by atoms with E-state index in [9.17, 15) is 4.79 Å². The average Bonchev–Trinajstić information content (AvgIpc) is 2.07. The van der Waals surface area contributed by atoms with Crippen LogP contribution in [0.4, 0.5) is 5.82 Å². The van der Waals surface area contributed by atoms with Gasteiger partial charge in [0.2, 0.25) is 5.91 Å². The maximum Gasteiger partial charge on any atom is 0.227 e. The first kappa shape index (κ1) is 11.1. The van der Waals surface area contributed by atoms with Crippen LogP contribution in [-0.4, -0.2) is 16.9 Å². The topological polar surface area (TPSA) is 68.0 Å². The smallest absolute Gasteiger partial charge is 0.227 e. The molecule has 1 heterocycles. The van der Waals surface area contributed by atoms with E-state index in [0.717, 1.165) is 4.47 Å². The van der Waals surface area contributed by atoms with Crippen LogP contribution in [-0.2, 0) is 4.79 Å². The van der Waals surface area contributed by atoms with Gasteiger partial charge in [0.25, 0.3) is 0 Å². The molecule has 0 aliphatic rings. The Kier molecular flexibility index (Phi) is 4.03. The molecule has 0 fully saturated rings. The molecule has 3 N–H and O–H groups in total. The van der Waals surface area contributed by atoms with E-state index in [-0.39, 0.29) is 11.9 Å². The summed E-state index contributed by atoms with van der Waals surface area (Å²) in [7, 11) is 0. The zero-order valence-corrected chi connectivity index (χ0v) is 9.41. The number of carbonyl (C=O) groups is 1. The van der Waals surface area contributed by atoms with Gasteiger partial charge in [0.15, 0.2) is 0 Å². The summed E-state index contributed by atoms with van der Waals surface area (Å²) >= 11 is 3.28. The SMILES string of the molecule is CC(N)CC(=O)Nc1ncccc1Br. The molecule has 1 atom stereocenters. The van der Waals surface area contributed by atoms with Crippen LogP contribution < -0.4 is 11.1 Å². The minimum absolute atomic E-state index is 0.126. The zero-order valence-electron chi connectivity index (χ0n) is 7.83. The number of hydrogen-bond donors (Lipinski definition) is 2. The lowest BCUT2D eigenvalue weighted by atomic mass is 10.2. The Morgan fingerprint density at radius 2 is 2.50 bits per heavy atom. The predicted molar refractivity (Wildman–Crippen MR) is 58.8 cm³/mol. The molecular formula is C9H12BrN3O. The van der Waals surface area contributed by atoms with Crippen molar-refractivity contribution in [3.05, 3.63) is 22.8 Å². The highest BCUT2D eigenvalue weighted by molar-refractivity contribution is 9.10. The number of nitrogens with two attached hydrogens (primary N) is 1. The van der Waals surface area contributed by atoms with Gasteiger partial charge >= 0.3 is 0 Å². The van der Waals surface area contributed by atoms with Gasteiger partial charge in [0.05, 0.1) is 4.47 Å². The molecule has 76 valence electrons. The monoisotopic (exact) mass is 257 g/mol. The van der Waals surface area contributed by atoms with Crippen LogP contribution in [0, 0.1) is 0 Å². The maximum absolute atomic E-state index is 11.3. The second kappa shape index (κ2) is 5.07. The van der Waals surface area contributed by atoms with Gasteiger partial charge in [-0.3, -0.25) is 4.79 Å². The molecule has 0 aromatic carbocycles. The normalized spacial score (nSPS) is 12.2. The Bertz CT molecular complexity index is 328. The van der Waals surface area contributed by atoms with E-state index in [1.54, 1.807) is 19.2 Å². The second-order valence-corrected chi connectivity index (χ2v) is 3.92. The van der Waals surface area contributed by atoms with Crippen molar-refractivity contribution >= 4 is 27.7 Å². The molecule has 0 aliphatic carbocycles. The summed E-state index contributed by atoms with van der Waals surface area (Å²) in [5, 5.41) is 2.66. The van der Waals surface area contributed by atoms with Crippen molar-refractivity contribution < 1.29 is 4.79 Å². The van der Waals surface area contributed by atoms with Crippen LogP contribution >= 0.6 is 15.9 Å². The van der Waals surface area contributed by atoms with Gasteiger partial charge in [0.1, 0.15) is 5.82 Å². The summed E-state index contributed by atoms with van der Waals surface area (Å²) in [5.41, 5.74) is 5.49. The summed E-state index contributed by atoms with van der Waals surface area (Å²) in [5.74, 6) is 0.401. The van der Waals surface area contributed by atoms with Crippen LogP contribution in [0.3, 0.4) is 0 Å². The lowest BCUT2D eigenvalue weighted by Gasteiger charge is -2.07. The third-order valence-electron chi connectivity index (χ3n) is 1.52. The minimum Gasteiger partial charge on any atom is -0.327 e. The number of anilines is 1. The number of pyridine rings is 1. The van der Waals surface area contributed by atoms with Gasteiger partial charge in [-0.15, -0.1) is 0 Å². The third-order valence-corrected chi connectivity index (χ3v) is 2.16. The van der Waals surface area contributed by atoms with Crippen LogP contribution in [0.25, 0.3) is 0 Å².